The third kappa shape index (κ3) is 10.8. The van der Waals surface area contributed by atoms with E-state index in [0.29, 0.717) is 81.6 Å². The summed E-state index contributed by atoms with van der Waals surface area (Å²) in [7, 11) is 0.803. The van der Waals surface area contributed by atoms with Crippen LogP contribution in [0.3, 0.4) is 0 Å². The Labute approximate surface area is 324 Å². The molecule has 2 aromatic heterocycles. The molecule has 1 fully saturated rings. The fraction of sp³-hybridized carbons (Fsp3) is 0.595. The molecule has 1 aliphatic heterocycles. The van der Waals surface area contributed by atoms with Crippen LogP contribution >= 0.6 is 23.2 Å². The second-order valence-corrected chi connectivity index (χ2v) is 21.5. The average Bonchev–Trinajstić information content (AvgIpc) is 3.40. The number of hydrogen-bond donors (Lipinski definition) is 1. The number of aryl methyl sites for hydroxylation is 2. The van der Waals surface area contributed by atoms with Crippen molar-refractivity contribution in [1.82, 2.24) is 24.9 Å². The maximum Gasteiger partial charge on any atom is 0.410 e. The van der Waals surface area contributed by atoms with Crippen LogP contribution in [0.25, 0.3) is 22.6 Å². The minimum atomic E-state index is -2.27. The van der Waals surface area contributed by atoms with Crippen LogP contribution in [0.15, 0.2) is 22.7 Å². The van der Waals surface area contributed by atoms with Gasteiger partial charge < -0.3 is 38.3 Å². The molecule has 1 aliphatic rings. The van der Waals surface area contributed by atoms with Crippen LogP contribution in [0.5, 0.6) is 5.75 Å². The maximum atomic E-state index is 12.9. The average molecular weight is 794 g/mol. The highest BCUT2D eigenvalue weighted by Gasteiger charge is 2.40. The van der Waals surface area contributed by atoms with Crippen LogP contribution < -0.4 is 10.1 Å². The van der Waals surface area contributed by atoms with Crippen LogP contribution in [-0.2, 0) is 13.9 Å². The van der Waals surface area contributed by atoms with Gasteiger partial charge >= 0.3 is 12.2 Å². The number of carbonyl (C=O) groups excluding carboxylic acids is 2. The number of nitrogens with zero attached hydrogens (tertiary/aromatic N) is 5. The Morgan fingerprint density at radius 1 is 1.09 bits per heavy atom. The number of likely N-dealkylation sites (tertiary alicyclic amines) is 1. The first-order valence-corrected chi connectivity index (χ1v) is 21.4. The van der Waals surface area contributed by atoms with E-state index in [9.17, 15) is 9.59 Å². The quantitative estimate of drug-likeness (QED) is 0.186. The number of carbonyl (C=O) groups is 2. The molecule has 13 nitrogen and oxygen atoms in total. The monoisotopic (exact) mass is 792 g/mol. The van der Waals surface area contributed by atoms with E-state index in [-0.39, 0.29) is 30.3 Å². The van der Waals surface area contributed by atoms with Gasteiger partial charge in [0.2, 0.25) is 0 Å². The predicted molar refractivity (Wildman–Crippen MR) is 210 cm³/mol. The van der Waals surface area contributed by atoms with Gasteiger partial charge in [-0.2, -0.15) is 0 Å². The summed E-state index contributed by atoms with van der Waals surface area (Å²) in [6.07, 6.45) is 0.0820. The molecule has 0 spiro atoms. The van der Waals surface area contributed by atoms with Crippen molar-refractivity contribution >= 4 is 49.5 Å². The summed E-state index contributed by atoms with van der Waals surface area (Å²) in [6.45, 7) is 21.4. The summed E-state index contributed by atoms with van der Waals surface area (Å²) in [4.78, 5) is 37.9. The van der Waals surface area contributed by atoms with Crippen molar-refractivity contribution in [2.24, 2.45) is 0 Å². The SMILES string of the molecule is COC(=O)N1CCC(Nc2nc(-c3cc(OC[C@@H](CN(C)C(=O)OC(C)(C)C)O[Si](C)(C)C(C)(C)C)ccc3Cl)nc(-c3c(C)noc3C)c2Cl)CC1. The van der Waals surface area contributed by atoms with Crippen LogP contribution in [-0.4, -0.2) is 104 Å². The van der Waals surface area contributed by atoms with Gasteiger partial charge in [0.05, 0.1) is 36.0 Å². The highest BCUT2D eigenvalue weighted by Crippen LogP contribution is 2.40. The van der Waals surface area contributed by atoms with E-state index >= 15 is 0 Å². The topological polar surface area (TPSA) is 141 Å². The van der Waals surface area contributed by atoms with E-state index in [1.807, 2.05) is 27.7 Å². The Kier molecular flexibility index (Phi) is 13.4. The molecule has 0 unspecified atom stereocenters. The van der Waals surface area contributed by atoms with Crippen molar-refractivity contribution in [1.29, 1.82) is 0 Å². The molecule has 0 saturated carbocycles. The van der Waals surface area contributed by atoms with Crippen LogP contribution in [0.2, 0.25) is 28.2 Å². The molecule has 3 aromatic rings. The molecular weight excluding hydrogens is 739 g/mol. The molecule has 1 atom stereocenters. The van der Waals surface area contributed by atoms with E-state index in [0.717, 1.165) is 0 Å². The van der Waals surface area contributed by atoms with E-state index in [4.69, 9.17) is 56.3 Å². The third-order valence-electron chi connectivity index (χ3n) is 9.45. The minimum Gasteiger partial charge on any atom is -0.491 e. The summed E-state index contributed by atoms with van der Waals surface area (Å²) >= 11 is 13.8. The Morgan fingerprint density at radius 3 is 2.32 bits per heavy atom. The fourth-order valence-corrected chi connectivity index (χ4v) is 7.34. The molecule has 53 heavy (non-hydrogen) atoms. The van der Waals surface area contributed by atoms with E-state index in [1.54, 1.807) is 37.1 Å². The van der Waals surface area contributed by atoms with Crippen molar-refractivity contribution in [3.05, 3.63) is 39.7 Å². The van der Waals surface area contributed by atoms with Crippen molar-refractivity contribution in [3.8, 4) is 28.4 Å². The summed E-state index contributed by atoms with van der Waals surface area (Å²) in [5.74, 6) is 1.79. The first kappa shape index (κ1) is 42.2. The zero-order chi connectivity index (χ0) is 39.5. The molecule has 292 valence electrons. The lowest BCUT2D eigenvalue weighted by Crippen LogP contribution is -2.49. The van der Waals surface area contributed by atoms with Gasteiger partial charge in [-0.05, 0) is 83.8 Å². The Morgan fingerprint density at radius 2 is 1.75 bits per heavy atom. The van der Waals surface area contributed by atoms with Crippen LogP contribution in [0.1, 0.15) is 65.8 Å². The molecule has 0 radical (unpaired) electrons. The number of likely N-dealkylation sites (N-methyl/N-ethyl adjacent to an activating group) is 1. The first-order chi connectivity index (χ1) is 24.6. The van der Waals surface area contributed by atoms with E-state index < -0.39 is 26.1 Å². The number of rotatable bonds is 11. The number of hydrogen-bond acceptors (Lipinski definition) is 11. The number of amides is 2. The third-order valence-corrected chi connectivity index (χ3v) is 14.7. The lowest BCUT2D eigenvalue weighted by molar-refractivity contribution is 0.0172. The molecule has 2 amide bonds. The second kappa shape index (κ2) is 16.8. The van der Waals surface area contributed by atoms with Gasteiger partial charge in [-0.1, -0.05) is 49.1 Å². The van der Waals surface area contributed by atoms with Crippen molar-refractivity contribution in [3.63, 3.8) is 0 Å². The number of benzene rings is 1. The first-order valence-electron chi connectivity index (χ1n) is 17.7. The van der Waals surface area contributed by atoms with Gasteiger partial charge in [0.15, 0.2) is 14.1 Å². The van der Waals surface area contributed by atoms with E-state index in [1.165, 1.54) is 12.0 Å². The molecular formula is C37H54Cl2N6O7Si. The lowest BCUT2D eigenvalue weighted by atomic mass is 10.0. The molecule has 0 aliphatic carbocycles. The van der Waals surface area contributed by atoms with Gasteiger partial charge in [-0.3, -0.25) is 0 Å². The van der Waals surface area contributed by atoms with Gasteiger partial charge in [0, 0.05) is 31.7 Å². The Hall–Kier alpha value is -3.59. The number of ether oxygens (including phenoxy) is 3. The number of anilines is 1. The highest BCUT2D eigenvalue weighted by molar-refractivity contribution is 6.74. The number of piperidine rings is 1. The summed E-state index contributed by atoms with van der Waals surface area (Å²) in [5, 5.41) is 8.25. The molecule has 1 aromatic carbocycles. The predicted octanol–water partition coefficient (Wildman–Crippen LogP) is 9.00. The minimum absolute atomic E-state index is 0.0181. The van der Waals surface area contributed by atoms with Crippen LogP contribution in [0, 0.1) is 13.8 Å². The zero-order valence-electron chi connectivity index (χ0n) is 33.0. The number of halogens is 2. The number of methoxy groups -OCH3 is 1. The van der Waals surface area contributed by atoms with Crippen molar-refractivity contribution < 1.29 is 32.7 Å². The van der Waals surface area contributed by atoms with Gasteiger partial charge in [-0.15, -0.1) is 0 Å². The maximum absolute atomic E-state index is 12.9. The molecule has 0 bridgehead atoms. The summed E-state index contributed by atoms with van der Waals surface area (Å²) in [5.41, 5.74) is 1.61. The van der Waals surface area contributed by atoms with Crippen molar-refractivity contribution in [2.45, 2.75) is 104 Å². The van der Waals surface area contributed by atoms with E-state index in [2.05, 4.69) is 44.3 Å². The second-order valence-electron chi connectivity index (χ2n) is 15.9. The molecule has 1 N–H and O–H groups in total. The Balaban J connectivity index is 1.66. The summed E-state index contributed by atoms with van der Waals surface area (Å²) in [6, 6.07) is 5.26. The van der Waals surface area contributed by atoms with Gasteiger partial charge in [0.1, 0.15) is 40.3 Å². The lowest BCUT2D eigenvalue weighted by Gasteiger charge is -2.40. The van der Waals surface area contributed by atoms with Crippen LogP contribution in [0.4, 0.5) is 15.4 Å². The largest absolute Gasteiger partial charge is 0.491 e. The molecule has 1 saturated heterocycles. The summed E-state index contributed by atoms with van der Waals surface area (Å²) < 4.78 is 29.1. The molecule has 16 heteroatoms. The zero-order valence-corrected chi connectivity index (χ0v) is 35.5. The van der Waals surface area contributed by atoms with Crippen molar-refractivity contribution in [2.75, 3.05) is 45.7 Å². The number of nitrogens with one attached hydrogen (secondary N) is 1. The highest BCUT2D eigenvalue weighted by atomic mass is 35.5. The van der Waals surface area contributed by atoms with Gasteiger partial charge in [0.25, 0.3) is 0 Å². The smallest absolute Gasteiger partial charge is 0.410 e. The fourth-order valence-electron chi connectivity index (χ4n) is 5.57. The normalized spacial score (nSPS) is 14.9. The molecule has 4 rings (SSSR count). The van der Waals surface area contributed by atoms with Gasteiger partial charge in [-0.25, -0.2) is 19.6 Å². The number of aromatic nitrogens is 3. The molecule has 3 heterocycles. The Bertz CT molecular complexity index is 1750. The standard InChI is InChI=1S/C37H54Cl2N6O7Si/c1-22-29(23(2)51-43-22)31-30(39)33(40-24-15-17-45(18-16-24)35(47)48-10)42-32(41-31)27-19-25(13-14-28(27)38)49-21-26(52-53(11,12)37(6,7)8)20-44(9)34(46)50-36(3,4)5/h13-14,19,24,26H,15-18,20-21H2,1-12H3,(H,40,41,42)/t26-/m1/s1.